The van der Waals surface area contributed by atoms with Gasteiger partial charge >= 0.3 is 37.7 Å². The number of nitrogens with two attached hydrogens (primary N) is 1. The number of fused-ring (bicyclic) bond motifs is 3. The SMILES string of the molecule is C=C1c2c(Cl)ccc(O)c2C(O)=C2C(=O)[C@]3(O)C(O)=C(C(N)=O)C(=O)[C@@H](N(C)C)[C@@H]3[C@@H](O)[C@H]12.[Ca+2]. The van der Waals surface area contributed by atoms with Crippen LogP contribution in [-0.4, -0.2) is 117 Å². The normalized spacial score (nSPS) is 30.6. The summed E-state index contributed by atoms with van der Waals surface area (Å²) in [5.41, 5.74) is 0.634. The van der Waals surface area contributed by atoms with Gasteiger partial charge in [0, 0.05) is 16.5 Å². The molecular formula is C22H21CaClN2O8+2. The van der Waals surface area contributed by atoms with E-state index in [9.17, 15) is 39.9 Å². The van der Waals surface area contributed by atoms with Gasteiger partial charge in [-0.1, -0.05) is 18.2 Å². The molecule has 1 saturated carbocycles. The standard InChI is InChI=1S/C22H21ClN2O8.Ca/c1-6-9-7(23)4-5-8(26)11(9)16(27)12-10(6)17(28)14-15(25(2)3)18(29)13(21(24)32)20(31)22(14,33)19(12)30;/h4-5,10,14-15,17,26-28,31,33H,1H2,2-3H3,(H2,24,32);/q;+2/t10-,14-,15+,17+,22+;/m1./s1. The molecule has 5 atom stereocenters. The van der Waals surface area contributed by atoms with Gasteiger partial charge < -0.3 is 31.3 Å². The van der Waals surface area contributed by atoms with E-state index < -0.39 is 75.5 Å². The molecule has 0 heterocycles. The maximum absolute atomic E-state index is 13.7. The Hall–Kier alpha value is -1.92. The van der Waals surface area contributed by atoms with Crippen LogP contribution in [0.3, 0.4) is 0 Å². The Kier molecular flexibility index (Phi) is 6.77. The molecule has 0 saturated heterocycles. The smallest absolute Gasteiger partial charge is 0.508 e. The van der Waals surface area contributed by atoms with Crippen molar-refractivity contribution in [2.24, 2.45) is 17.6 Å². The first kappa shape index (κ1) is 26.7. The number of primary amides is 1. The first-order valence-corrected chi connectivity index (χ1v) is 10.2. The number of likely N-dealkylation sites (N-methyl/N-ethyl adjacent to an activating group) is 1. The van der Waals surface area contributed by atoms with Gasteiger partial charge in [-0.05, 0) is 31.8 Å². The maximum atomic E-state index is 13.7. The molecule has 34 heavy (non-hydrogen) atoms. The maximum Gasteiger partial charge on any atom is 2.00 e. The van der Waals surface area contributed by atoms with Crippen LogP contribution >= 0.6 is 11.6 Å². The van der Waals surface area contributed by atoms with E-state index in [-0.39, 0.29) is 59.5 Å². The van der Waals surface area contributed by atoms with Gasteiger partial charge in [-0.25, -0.2) is 0 Å². The van der Waals surface area contributed by atoms with Crippen molar-refractivity contribution in [3.63, 3.8) is 0 Å². The Morgan fingerprint density at radius 2 is 1.76 bits per heavy atom. The Balaban J connectivity index is 0.00000324. The number of aromatic hydroxyl groups is 1. The number of ketones is 2. The number of aliphatic hydroxyl groups is 4. The van der Waals surface area contributed by atoms with Gasteiger partial charge in [-0.3, -0.25) is 19.3 Å². The molecule has 0 aromatic heterocycles. The predicted molar refractivity (Wildman–Crippen MR) is 122 cm³/mol. The number of hydrogen-bond acceptors (Lipinski definition) is 9. The zero-order chi connectivity index (χ0) is 24.7. The van der Waals surface area contributed by atoms with Crippen molar-refractivity contribution in [1.29, 1.82) is 0 Å². The fourth-order valence-corrected chi connectivity index (χ4v) is 5.54. The Morgan fingerprint density at radius 3 is 2.29 bits per heavy atom. The van der Waals surface area contributed by atoms with E-state index in [4.69, 9.17) is 17.3 Å². The molecule has 3 aliphatic rings. The summed E-state index contributed by atoms with van der Waals surface area (Å²) in [7, 11) is 2.84. The number of phenols is 1. The average molecular weight is 517 g/mol. The molecule has 0 spiro atoms. The molecule has 7 N–H and O–H groups in total. The second kappa shape index (κ2) is 8.63. The Morgan fingerprint density at radius 1 is 1.18 bits per heavy atom. The van der Waals surface area contributed by atoms with E-state index in [1.54, 1.807) is 0 Å². The molecule has 3 aliphatic carbocycles. The number of halogens is 1. The number of Topliss-reactive ketones (excluding diaryl/α,β-unsaturated/α-hetero) is 2. The number of amides is 1. The van der Waals surface area contributed by atoms with Crippen LogP contribution in [0.15, 0.2) is 35.6 Å². The van der Waals surface area contributed by atoms with Crippen LogP contribution < -0.4 is 5.73 Å². The van der Waals surface area contributed by atoms with Gasteiger partial charge in [0.25, 0.3) is 5.91 Å². The number of carbonyl (C=O) groups is 3. The molecule has 4 rings (SSSR count). The largest absolute Gasteiger partial charge is 2.00 e. The first-order valence-electron chi connectivity index (χ1n) is 9.81. The molecular weight excluding hydrogens is 496 g/mol. The summed E-state index contributed by atoms with van der Waals surface area (Å²) in [5.74, 6) is -9.18. The average Bonchev–Trinajstić information content (AvgIpc) is 2.72. The molecule has 0 aliphatic heterocycles. The third-order valence-corrected chi connectivity index (χ3v) is 6.99. The molecule has 1 amide bonds. The molecule has 174 valence electrons. The summed E-state index contributed by atoms with van der Waals surface area (Å²) >= 11 is 6.25. The van der Waals surface area contributed by atoms with E-state index in [1.165, 1.54) is 31.1 Å². The summed E-state index contributed by atoms with van der Waals surface area (Å²) in [6, 6.07) is 1.08. The van der Waals surface area contributed by atoms with E-state index in [2.05, 4.69) is 6.58 Å². The summed E-state index contributed by atoms with van der Waals surface area (Å²) in [6.07, 6.45) is -1.75. The molecule has 10 nitrogen and oxygen atoms in total. The van der Waals surface area contributed by atoms with Gasteiger partial charge in [0.05, 0.1) is 29.2 Å². The van der Waals surface area contributed by atoms with Crippen LogP contribution in [0.25, 0.3) is 11.3 Å². The molecule has 12 heteroatoms. The second-order valence-electron chi connectivity index (χ2n) is 8.55. The Labute approximate surface area is 228 Å². The van der Waals surface area contributed by atoms with Gasteiger partial charge in [0.15, 0.2) is 11.4 Å². The number of phenolic OH excluding ortho intramolecular Hbond substituents is 1. The van der Waals surface area contributed by atoms with Gasteiger partial charge in [-0.2, -0.15) is 0 Å². The number of aliphatic hydroxyl groups excluding tert-OH is 3. The summed E-state index contributed by atoms with van der Waals surface area (Å²) in [5, 5.41) is 55.0. The monoisotopic (exact) mass is 516 g/mol. The molecule has 1 fully saturated rings. The summed E-state index contributed by atoms with van der Waals surface area (Å²) < 4.78 is 0. The van der Waals surface area contributed by atoms with Crippen molar-refractivity contribution < 1.29 is 39.9 Å². The Bertz CT molecular complexity index is 1240. The van der Waals surface area contributed by atoms with Crippen molar-refractivity contribution in [2.45, 2.75) is 17.7 Å². The molecule has 1 aromatic carbocycles. The van der Waals surface area contributed by atoms with Crippen molar-refractivity contribution in [3.05, 3.63) is 51.8 Å². The first-order chi connectivity index (χ1) is 15.3. The van der Waals surface area contributed by atoms with Crippen molar-refractivity contribution in [1.82, 2.24) is 4.90 Å². The second-order valence-corrected chi connectivity index (χ2v) is 8.96. The minimum atomic E-state index is -2.97. The number of hydrogen-bond donors (Lipinski definition) is 6. The summed E-state index contributed by atoms with van der Waals surface area (Å²) in [6.45, 7) is 3.89. The zero-order valence-electron chi connectivity index (χ0n) is 18.2. The van der Waals surface area contributed by atoms with Crippen molar-refractivity contribution in [2.75, 3.05) is 14.1 Å². The fraction of sp³-hybridized carbons (Fsp3) is 0.318. The summed E-state index contributed by atoms with van der Waals surface area (Å²) in [4.78, 5) is 39.9. The minimum Gasteiger partial charge on any atom is -0.508 e. The van der Waals surface area contributed by atoms with Crippen LogP contribution in [0, 0.1) is 11.8 Å². The molecule has 1 aromatic rings. The number of rotatable bonds is 2. The van der Waals surface area contributed by atoms with E-state index in [0.29, 0.717) is 0 Å². The van der Waals surface area contributed by atoms with Crippen LogP contribution in [0.1, 0.15) is 11.1 Å². The fourth-order valence-electron chi connectivity index (χ4n) is 5.26. The van der Waals surface area contributed by atoms with Crippen LogP contribution in [0.2, 0.25) is 5.02 Å². The molecule has 0 unspecified atom stereocenters. The van der Waals surface area contributed by atoms with E-state index >= 15 is 0 Å². The quantitative estimate of drug-likeness (QED) is 0.226. The van der Waals surface area contributed by atoms with Gasteiger partial charge in [0.2, 0.25) is 5.78 Å². The topological polar surface area (TPSA) is 182 Å². The van der Waals surface area contributed by atoms with E-state index in [1.807, 2.05) is 0 Å². The zero-order valence-corrected chi connectivity index (χ0v) is 21.2. The van der Waals surface area contributed by atoms with Crippen molar-refractivity contribution >= 4 is 78.1 Å². The predicted octanol–water partition coefficient (Wildman–Crippen LogP) is -0.322. The van der Waals surface area contributed by atoms with Gasteiger partial charge in [-0.15, -0.1) is 0 Å². The number of nitrogens with zero attached hydrogens (tertiary/aromatic N) is 1. The third-order valence-electron chi connectivity index (χ3n) is 6.67. The van der Waals surface area contributed by atoms with Crippen LogP contribution in [-0.2, 0) is 14.4 Å². The van der Waals surface area contributed by atoms with Crippen LogP contribution in [0.4, 0.5) is 0 Å². The minimum absolute atomic E-state index is 0. The van der Waals surface area contributed by atoms with E-state index in [0.717, 1.165) is 0 Å². The molecule has 0 radical (unpaired) electrons. The van der Waals surface area contributed by atoms with Gasteiger partial charge in [0.1, 0.15) is 22.8 Å². The third kappa shape index (κ3) is 3.21. The number of benzene rings is 1. The van der Waals surface area contributed by atoms with Crippen LogP contribution in [0.5, 0.6) is 5.75 Å². The molecule has 0 bridgehead atoms. The van der Waals surface area contributed by atoms with Crippen molar-refractivity contribution in [3.8, 4) is 5.75 Å². The number of carbonyl (C=O) groups excluding carboxylic acids is 3.